The lowest BCUT2D eigenvalue weighted by Crippen LogP contribution is -2.64. The summed E-state index contributed by atoms with van der Waals surface area (Å²) in [5.74, 6) is 0. The van der Waals surface area contributed by atoms with Crippen LogP contribution in [0.3, 0.4) is 0 Å². The maximum Gasteiger partial charge on any atom is 0.490 e. The van der Waals surface area contributed by atoms with E-state index in [2.05, 4.69) is 13.1 Å². The Labute approximate surface area is 133 Å². The molecular formula is C6H15O15P3. The Bertz CT molecular complexity index is 570. The van der Waals surface area contributed by atoms with E-state index >= 15 is 0 Å². The molecule has 0 aliphatic heterocycles. The van der Waals surface area contributed by atoms with Gasteiger partial charge in [0.15, 0.2) is 0 Å². The highest BCUT2D eigenvalue weighted by Crippen LogP contribution is 2.66. The Morgan fingerprint density at radius 2 is 0.958 bits per heavy atom. The third-order valence-electron chi connectivity index (χ3n) is 2.74. The molecule has 0 spiro atoms. The summed E-state index contributed by atoms with van der Waals surface area (Å²) in [7, 11) is -17.2. The van der Waals surface area contributed by atoms with Crippen LogP contribution in [0.2, 0.25) is 0 Å². The summed E-state index contributed by atoms with van der Waals surface area (Å²) in [5.41, 5.74) is 0. The standard InChI is InChI=1S/C6H15O15P3/c7-1-2(8)4(10)6(5(11)3(1)9)19-23(15,16)21-24(17,18)20-22(12,13)14/h1-11H,(H,15,16)(H,17,18)(H2,12,13,14)/t1?,2-,3+,4+,5-,6?. The number of phosphoric ester groups is 1. The molecule has 0 aromatic carbocycles. The Morgan fingerprint density at radius 3 is 1.33 bits per heavy atom. The zero-order valence-electron chi connectivity index (χ0n) is 11.3. The number of hydrogen-bond donors (Lipinski definition) is 9. The average molecular weight is 420 g/mol. The highest BCUT2D eigenvalue weighted by Gasteiger charge is 2.52. The van der Waals surface area contributed by atoms with E-state index in [1.54, 1.807) is 0 Å². The largest absolute Gasteiger partial charge is 0.490 e. The van der Waals surface area contributed by atoms with Crippen LogP contribution in [0.1, 0.15) is 0 Å². The minimum Gasteiger partial charge on any atom is -0.387 e. The topological polar surface area (TPSA) is 261 Å². The summed E-state index contributed by atoms with van der Waals surface area (Å²) in [4.78, 5) is 34.9. The summed E-state index contributed by atoms with van der Waals surface area (Å²) in [5, 5.41) is 47.2. The molecule has 1 aliphatic carbocycles. The van der Waals surface area contributed by atoms with Crippen molar-refractivity contribution in [2.45, 2.75) is 36.6 Å². The highest BCUT2D eigenvalue weighted by molar-refractivity contribution is 7.66. The predicted octanol–water partition coefficient (Wildman–Crippen LogP) is -3.48. The van der Waals surface area contributed by atoms with Gasteiger partial charge in [-0.15, -0.1) is 0 Å². The molecule has 9 N–H and O–H groups in total. The highest BCUT2D eigenvalue weighted by atomic mass is 31.3. The van der Waals surface area contributed by atoms with E-state index in [-0.39, 0.29) is 0 Å². The number of aliphatic hydroxyl groups excluding tert-OH is 5. The van der Waals surface area contributed by atoms with Crippen molar-refractivity contribution in [2.75, 3.05) is 0 Å². The first kappa shape index (κ1) is 22.3. The molecule has 15 nitrogen and oxygen atoms in total. The third-order valence-corrected chi connectivity index (χ3v) is 6.58. The summed E-state index contributed by atoms with van der Waals surface area (Å²) in [6.07, 6.45) is -13.1. The second kappa shape index (κ2) is 7.45. The molecule has 4 unspecified atom stereocenters. The third kappa shape index (κ3) is 5.88. The summed E-state index contributed by atoms with van der Waals surface area (Å²) in [6, 6.07) is 0. The molecule has 18 heteroatoms. The number of phosphoric acid groups is 3. The van der Waals surface area contributed by atoms with Gasteiger partial charge in [-0.1, -0.05) is 0 Å². The molecule has 0 saturated heterocycles. The van der Waals surface area contributed by atoms with Gasteiger partial charge in [-0.3, -0.25) is 4.52 Å². The first-order chi connectivity index (χ1) is 10.6. The van der Waals surface area contributed by atoms with E-state index in [0.29, 0.717) is 0 Å². The normalized spacial score (nSPS) is 39.9. The molecule has 24 heavy (non-hydrogen) atoms. The van der Waals surface area contributed by atoms with Crippen LogP contribution in [0.4, 0.5) is 0 Å². The first-order valence-electron chi connectivity index (χ1n) is 5.79. The Hall–Kier alpha value is 0.210. The van der Waals surface area contributed by atoms with Gasteiger partial charge in [0, 0.05) is 0 Å². The van der Waals surface area contributed by atoms with Gasteiger partial charge in [0.25, 0.3) is 0 Å². The minimum atomic E-state index is -5.82. The Morgan fingerprint density at radius 1 is 0.583 bits per heavy atom. The van der Waals surface area contributed by atoms with Crippen LogP contribution < -0.4 is 0 Å². The van der Waals surface area contributed by atoms with Crippen molar-refractivity contribution in [1.29, 1.82) is 0 Å². The van der Waals surface area contributed by atoms with E-state index in [0.717, 1.165) is 0 Å². The van der Waals surface area contributed by atoms with Crippen LogP contribution in [-0.4, -0.2) is 81.7 Å². The molecule has 144 valence electrons. The van der Waals surface area contributed by atoms with Gasteiger partial charge in [0.05, 0.1) is 0 Å². The molecular weight excluding hydrogens is 405 g/mol. The Balaban J connectivity index is 2.91. The smallest absolute Gasteiger partial charge is 0.387 e. The lowest BCUT2D eigenvalue weighted by Gasteiger charge is -2.41. The van der Waals surface area contributed by atoms with Gasteiger partial charge in [0.1, 0.15) is 36.6 Å². The lowest BCUT2D eigenvalue weighted by atomic mass is 9.85. The molecule has 8 atom stereocenters. The minimum absolute atomic E-state index is 2.05. The quantitative estimate of drug-likeness (QED) is 0.189. The second-order valence-electron chi connectivity index (χ2n) is 4.61. The maximum atomic E-state index is 11.6. The van der Waals surface area contributed by atoms with Gasteiger partial charge in [-0.25, -0.2) is 13.7 Å². The molecule has 0 radical (unpaired) electrons. The molecule has 0 heterocycles. The zero-order valence-corrected chi connectivity index (χ0v) is 14.0. The van der Waals surface area contributed by atoms with Gasteiger partial charge in [-0.05, 0) is 0 Å². The summed E-state index contributed by atoms with van der Waals surface area (Å²) < 4.78 is 44.1. The lowest BCUT2D eigenvalue weighted by molar-refractivity contribution is -0.219. The molecule has 0 bridgehead atoms. The van der Waals surface area contributed by atoms with Gasteiger partial charge in [0.2, 0.25) is 0 Å². The van der Waals surface area contributed by atoms with E-state index in [4.69, 9.17) is 14.7 Å². The second-order valence-corrected chi connectivity index (χ2v) is 8.99. The summed E-state index contributed by atoms with van der Waals surface area (Å²) >= 11 is 0. The van der Waals surface area contributed by atoms with Crippen molar-refractivity contribution < 1.29 is 71.9 Å². The number of aliphatic hydroxyl groups is 5. The summed E-state index contributed by atoms with van der Waals surface area (Å²) in [6.45, 7) is 0. The number of rotatable bonds is 6. The van der Waals surface area contributed by atoms with Crippen LogP contribution in [-0.2, 0) is 26.8 Å². The first-order valence-corrected chi connectivity index (χ1v) is 10.3. The van der Waals surface area contributed by atoms with Crippen LogP contribution in [0.5, 0.6) is 0 Å². The monoisotopic (exact) mass is 420 g/mol. The van der Waals surface area contributed by atoms with E-state index < -0.39 is 60.1 Å². The molecule has 1 aliphatic rings. The fourth-order valence-corrected chi connectivity index (χ4v) is 4.99. The van der Waals surface area contributed by atoms with Crippen molar-refractivity contribution in [2.24, 2.45) is 0 Å². The van der Waals surface area contributed by atoms with Gasteiger partial charge >= 0.3 is 23.5 Å². The van der Waals surface area contributed by atoms with E-state index in [1.807, 2.05) is 0 Å². The number of hydrogen-bond acceptors (Lipinski definition) is 11. The molecule has 0 amide bonds. The fraction of sp³-hybridized carbons (Fsp3) is 1.00. The molecule has 0 aromatic heterocycles. The van der Waals surface area contributed by atoms with E-state index in [9.17, 15) is 44.1 Å². The van der Waals surface area contributed by atoms with E-state index in [1.165, 1.54) is 0 Å². The van der Waals surface area contributed by atoms with Crippen LogP contribution >= 0.6 is 23.5 Å². The van der Waals surface area contributed by atoms with Crippen molar-refractivity contribution in [3.8, 4) is 0 Å². The average Bonchev–Trinajstić information content (AvgIpc) is 2.35. The molecule has 0 aromatic rings. The van der Waals surface area contributed by atoms with Crippen LogP contribution in [0.15, 0.2) is 0 Å². The SMILES string of the molecule is O=P(O)(O)OP(=O)(O)OP(=O)(O)OC1[C@@H](O)[C@H](O)C(O)[C@H](O)[C@H]1O. The zero-order chi connectivity index (χ0) is 19.1. The molecule has 1 rings (SSSR count). The van der Waals surface area contributed by atoms with Crippen LogP contribution in [0, 0.1) is 0 Å². The van der Waals surface area contributed by atoms with Crippen molar-refractivity contribution >= 4 is 23.5 Å². The van der Waals surface area contributed by atoms with Gasteiger partial charge < -0.3 is 45.1 Å². The fourth-order valence-electron chi connectivity index (χ4n) is 1.77. The van der Waals surface area contributed by atoms with Crippen molar-refractivity contribution in [1.82, 2.24) is 0 Å². The van der Waals surface area contributed by atoms with Crippen LogP contribution in [0.25, 0.3) is 0 Å². The van der Waals surface area contributed by atoms with Crippen molar-refractivity contribution in [3.63, 3.8) is 0 Å². The van der Waals surface area contributed by atoms with Crippen molar-refractivity contribution in [3.05, 3.63) is 0 Å². The maximum absolute atomic E-state index is 11.6. The van der Waals surface area contributed by atoms with Gasteiger partial charge in [-0.2, -0.15) is 8.62 Å². The molecule has 1 saturated carbocycles. The molecule has 1 fully saturated rings. The Kier molecular flexibility index (Phi) is 6.90. The predicted molar refractivity (Wildman–Crippen MR) is 68.8 cm³/mol.